The summed E-state index contributed by atoms with van der Waals surface area (Å²) in [4.78, 5) is 22.9. The molecule has 0 saturated carbocycles. The quantitative estimate of drug-likeness (QED) is 0.246. The molecule has 238 valence electrons. The lowest BCUT2D eigenvalue weighted by Gasteiger charge is -2.29. The predicted octanol–water partition coefficient (Wildman–Crippen LogP) is 5.77. The van der Waals surface area contributed by atoms with Crippen LogP contribution in [0, 0.1) is 5.92 Å². The topological polar surface area (TPSA) is 105 Å². The molecule has 3 aromatic rings. The van der Waals surface area contributed by atoms with Gasteiger partial charge in [-0.1, -0.05) is 35.9 Å². The van der Waals surface area contributed by atoms with Crippen LogP contribution in [0.5, 0.6) is 5.75 Å². The summed E-state index contributed by atoms with van der Waals surface area (Å²) in [6.45, 7) is 0.728. The number of rotatable bonds is 12. The van der Waals surface area contributed by atoms with Gasteiger partial charge in [0.2, 0.25) is 16.0 Å². The number of benzene rings is 2. The molecule has 0 aliphatic heterocycles. The van der Waals surface area contributed by atoms with Crippen molar-refractivity contribution in [3.8, 4) is 5.75 Å². The fourth-order valence-corrected chi connectivity index (χ4v) is 6.47. The smallest absolute Gasteiger partial charge is 0.419 e. The van der Waals surface area contributed by atoms with Gasteiger partial charge in [-0.15, -0.1) is 0 Å². The number of hydrogen-bond acceptors (Lipinski definition) is 8. The van der Waals surface area contributed by atoms with Crippen LogP contribution in [-0.2, 0) is 29.0 Å². The zero-order valence-electron chi connectivity index (χ0n) is 25.1. The normalized spacial score (nSPS) is 16.8. The Morgan fingerprint density at radius 2 is 1.89 bits per heavy atom. The summed E-state index contributed by atoms with van der Waals surface area (Å²) in [6.07, 6.45) is -1.84. The van der Waals surface area contributed by atoms with Crippen LogP contribution in [0.25, 0.3) is 0 Å². The van der Waals surface area contributed by atoms with Gasteiger partial charge >= 0.3 is 6.18 Å². The highest BCUT2D eigenvalue weighted by atomic mass is 35.5. The van der Waals surface area contributed by atoms with E-state index in [0.29, 0.717) is 19.0 Å². The molecule has 2 aromatic carbocycles. The van der Waals surface area contributed by atoms with Crippen molar-refractivity contribution in [2.75, 3.05) is 46.4 Å². The highest BCUT2D eigenvalue weighted by Gasteiger charge is 2.41. The molecular formula is C30H35ClF3N5O4S. The minimum absolute atomic E-state index is 0.143. The third-order valence-electron chi connectivity index (χ3n) is 7.69. The summed E-state index contributed by atoms with van der Waals surface area (Å²) < 4.78 is 74.1. The van der Waals surface area contributed by atoms with E-state index in [0.717, 1.165) is 23.9 Å². The Kier molecular flexibility index (Phi) is 10.2. The van der Waals surface area contributed by atoms with E-state index >= 15 is 0 Å². The first-order valence-corrected chi connectivity index (χ1v) is 16.1. The van der Waals surface area contributed by atoms with Gasteiger partial charge in [0, 0.05) is 25.2 Å². The molecule has 0 spiro atoms. The summed E-state index contributed by atoms with van der Waals surface area (Å²) >= 11 is 6.45. The van der Waals surface area contributed by atoms with Crippen LogP contribution >= 0.6 is 11.6 Å². The van der Waals surface area contributed by atoms with E-state index in [1.807, 2.05) is 31.1 Å². The number of ether oxygens (including phenoxy) is 1. The van der Waals surface area contributed by atoms with Crippen molar-refractivity contribution in [3.05, 3.63) is 75.6 Å². The number of halogens is 4. The summed E-state index contributed by atoms with van der Waals surface area (Å²) in [5.74, 6) is -0.592. The Hall–Kier alpha value is -3.26. The van der Waals surface area contributed by atoms with E-state index in [-0.39, 0.29) is 52.3 Å². The van der Waals surface area contributed by atoms with Gasteiger partial charge in [0.25, 0.3) is 0 Å². The molecule has 0 unspecified atom stereocenters. The Balaban J connectivity index is 1.66. The molecule has 0 amide bonds. The monoisotopic (exact) mass is 653 g/mol. The number of nitrogens with zero attached hydrogens (tertiary/aromatic N) is 4. The lowest BCUT2D eigenvalue weighted by molar-refractivity contribution is -0.138. The fourth-order valence-electron chi connectivity index (χ4n) is 5.50. The molecule has 0 fully saturated rings. The highest BCUT2D eigenvalue weighted by molar-refractivity contribution is 7.88. The van der Waals surface area contributed by atoms with Crippen LogP contribution in [0.3, 0.4) is 0 Å². The molecule has 4 rings (SSSR count). The molecule has 1 aromatic heterocycles. The Morgan fingerprint density at radius 3 is 2.52 bits per heavy atom. The number of aromatic nitrogens is 2. The van der Waals surface area contributed by atoms with Gasteiger partial charge in [-0.25, -0.2) is 18.4 Å². The molecule has 2 atom stereocenters. The number of anilines is 2. The van der Waals surface area contributed by atoms with Crippen LogP contribution in [0.1, 0.15) is 51.6 Å². The number of alkyl halides is 3. The van der Waals surface area contributed by atoms with E-state index in [4.69, 9.17) is 16.3 Å². The van der Waals surface area contributed by atoms with Crippen molar-refractivity contribution in [3.63, 3.8) is 0 Å². The average molecular weight is 654 g/mol. The summed E-state index contributed by atoms with van der Waals surface area (Å²) in [5, 5.41) is 3.03. The highest BCUT2D eigenvalue weighted by Crippen LogP contribution is 2.44. The number of sulfonamides is 1. The van der Waals surface area contributed by atoms with E-state index in [1.165, 1.54) is 30.6 Å². The molecule has 0 bridgehead atoms. The molecule has 1 heterocycles. The Morgan fingerprint density at radius 1 is 1.18 bits per heavy atom. The first-order chi connectivity index (χ1) is 20.6. The number of fused-ring (bicyclic) bond motifs is 1. The maximum absolute atomic E-state index is 14.1. The standard InChI is InChI=1S/C30H35ClF3N5O4S/c1-38(2)12-8-11-26(40)21-15-27(43-4)25(16-23(21)31)37-29-35-17-22(30(32,33)34)24(36-29)14-19-13-18-9-6-7-10-20(18)28(19)39(3)44(5,41)42/h6-7,9-10,15-17,19,28H,8,11-14H2,1-5H3,(H,35,36,37)/t19-,28-/m0/s1. The minimum atomic E-state index is -4.74. The number of nitrogens with one attached hydrogen (secondary N) is 1. The SMILES string of the molecule is COc1cc(C(=O)CCCN(C)C)c(Cl)cc1Nc1ncc(C(F)(F)F)c(C[C@@H]2Cc3ccccc3[C@H]2N(C)S(C)(=O)=O)n1. The van der Waals surface area contributed by atoms with Gasteiger partial charge in [-0.2, -0.15) is 17.5 Å². The second-order valence-corrected chi connectivity index (χ2v) is 13.6. The number of hydrogen-bond donors (Lipinski definition) is 1. The average Bonchev–Trinajstić information content (AvgIpc) is 3.29. The maximum atomic E-state index is 14.1. The maximum Gasteiger partial charge on any atom is 0.419 e. The minimum Gasteiger partial charge on any atom is -0.495 e. The third kappa shape index (κ3) is 7.68. The van der Waals surface area contributed by atoms with Crippen LogP contribution in [0.4, 0.5) is 24.8 Å². The summed E-state index contributed by atoms with van der Waals surface area (Å²) in [5.41, 5.74) is 0.859. The van der Waals surface area contributed by atoms with Crippen molar-refractivity contribution < 1.29 is 31.1 Å². The van der Waals surface area contributed by atoms with Crippen LogP contribution < -0.4 is 10.1 Å². The molecule has 44 heavy (non-hydrogen) atoms. The summed E-state index contributed by atoms with van der Waals surface area (Å²) in [6, 6.07) is 9.50. The van der Waals surface area contributed by atoms with Gasteiger partial charge in [-0.3, -0.25) is 4.79 Å². The van der Waals surface area contributed by atoms with Crippen molar-refractivity contribution >= 4 is 39.0 Å². The van der Waals surface area contributed by atoms with Crippen LogP contribution in [0.2, 0.25) is 5.02 Å². The molecule has 0 radical (unpaired) electrons. The van der Waals surface area contributed by atoms with E-state index in [2.05, 4.69) is 15.3 Å². The number of carbonyl (C=O) groups excluding carboxylic acids is 1. The lowest BCUT2D eigenvalue weighted by atomic mass is 9.93. The summed E-state index contributed by atoms with van der Waals surface area (Å²) in [7, 11) is 2.99. The number of ketones is 1. The second kappa shape index (κ2) is 13.4. The Labute approximate surface area is 260 Å². The second-order valence-electron chi connectivity index (χ2n) is 11.1. The van der Waals surface area contributed by atoms with Gasteiger partial charge in [0.1, 0.15) is 5.75 Å². The zero-order chi connectivity index (χ0) is 32.4. The van der Waals surface area contributed by atoms with E-state index in [9.17, 15) is 26.4 Å². The molecule has 1 aliphatic rings. The third-order valence-corrected chi connectivity index (χ3v) is 9.28. The van der Waals surface area contributed by atoms with Gasteiger partial charge in [-0.05, 0) is 69.1 Å². The van der Waals surface area contributed by atoms with Crippen LogP contribution in [-0.4, -0.2) is 74.4 Å². The number of methoxy groups -OCH3 is 1. The van der Waals surface area contributed by atoms with Crippen LogP contribution in [0.15, 0.2) is 42.6 Å². The van der Waals surface area contributed by atoms with Gasteiger partial charge in [0.15, 0.2) is 5.78 Å². The Bertz CT molecular complexity index is 1640. The molecule has 9 nitrogen and oxygen atoms in total. The predicted molar refractivity (Wildman–Crippen MR) is 163 cm³/mol. The van der Waals surface area contributed by atoms with Crippen molar-refractivity contribution in [2.45, 2.75) is 37.9 Å². The van der Waals surface area contributed by atoms with Crippen molar-refractivity contribution in [2.24, 2.45) is 5.92 Å². The first kappa shape index (κ1) is 33.6. The van der Waals surface area contributed by atoms with Crippen molar-refractivity contribution in [1.82, 2.24) is 19.2 Å². The fraction of sp³-hybridized carbons (Fsp3) is 0.433. The lowest BCUT2D eigenvalue weighted by Crippen LogP contribution is -2.34. The largest absolute Gasteiger partial charge is 0.495 e. The van der Waals surface area contributed by atoms with Gasteiger partial charge in [0.05, 0.1) is 41.4 Å². The van der Waals surface area contributed by atoms with E-state index in [1.54, 1.807) is 12.1 Å². The number of carbonyl (C=O) groups is 1. The molecule has 1 N–H and O–H groups in total. The zero-order valence-corrected chi connectivity index (χ0v) is 26.6. The molecule has 14 heteroatoms. The molecule has 1 aliphatic carbocycles. The number of Topliss-reactive ketones (excluding diaryl/α,β-unsaturated/α-hetero) is 1. The molecule has 0 saturated heterocycles. The first-order valence-electron chi connectivity index (χ1n) is 13.9. The van der Waals surface area contributed by atoms with Crippen molar-refractivity contribution in [1.29, 1.82) is 0 Å². The molecular weight excluding hydrogens is 619 g/mol. The van der Waals surface area contributed by atoms with E-state index < -0.39 is 33.7 Å². The van der Waals surface area contributed by atoms with Gasteiger partial charge < -0.3 is 15.0 Å².